The van der Waals surface area contributed by atoms with E-state index in [0.29, 0.717) is 12.2 Å². The van der Waals surface area contributed by atoms with E-state index in [2.05, 4.69) is 17.0 Å². The maximum Gasteiger partial charge on any atom is 0.137 e. The molecule has 0 bridgehead atoms. The Kier molecular flexibility index (Phi) is 5.07. The summed E-state index contributed by atoms with van der Waals surface area (Å²) >= 11 is 0. The van der Waals surface area contributed by atoms with E-state index in [1.165, 1.54) is 5.56 Å². The van der Waals surface area contributed by atoms with E-state index in [4.69, 9.17) is 4.42 Å². The van der Waals surface area contributed by atoms with Crippen molar-refractivity contribution in [3.8, 4) is 0 Å². The Balaban J connectivity index is 1.49. The molecule has 3 heteroatoms. The summed E-state index contributed by atoms with van der Waals surface area (Å²) in [5, 5.41) is 0. The first-order valence-electron chi connectivity index (χ1n) is 8.12. The van der Waals surface area contributed by atoms with E-state index in [1.807, 2.05) is 30.3 Å². The van der Waals surface area contributed by atoms with E-state index in [9.17, 15) is 4.79 Å². The second-order valence-electron chi connectivity index (χ2n) is 6.11. The standard InChI is InChI=1S/C19H23NO2/c21-19(11-10-16-6-2-1-3-7-16)17-8-4-12-20(14-17)15-18-9-5-13-22-18/h1-3,5-7,9,13,17H,4,8,10-12,14-15H2. The average molecular weight is 297 g/mol. The zero-order valence-electron chi connectivity index (χ0n) is 12.9. The van der Waals surface area contributed by atoms with E-state index in [-0.39, 0.29) is 5.92 Å². The molecular weight excluding hydrogens is 274 g/mol. The molecule has 1 aromatic carbocycles. The maximum absolute atomic E-state index is 12.5. The normalized spacial score (nSPS) is 19.2. The minimum atomic E-state index is 0.187. The molecule has 1 unspecified atom stereocenters. The molecule has 0 aliphatic carbocycles. The first-order valence-corrected chi connectivity index (χ1v) is 8.12. The molecule has 0 radical (unpaired) electrons. The highest BCUT2D eigenvalue weighted by Gasteiger charge is 2.25. The molecule has 1 fully saturated rings. The number of carbonyl (C=O) groups excluding carboxylic acids is 1. The SMILES string of the molecule is O=C(CCc1ccccc1)C1CCCN(Cc2ccco2)C1. The molecule has 1 saturated heterocycles. The van der Waals surface area contributed by atoms with Crippen LogP contribution in [0.4, 0.5) is 0 Å². The van der Waals surface area contributed by atoms with Crippen LogP contribution in [0.25, 0.3) is 0 Å². The molecule has 3 nitrogen and oxygen atoms in total. The molecule has 0 saturated carbocycles. The van der Waals surface area contributed by atoms with Crippen LogP contribution in [0, 0.1) is 5.92 Å². The van der Waals surface area contributed by atoms with E-state index in [1.54, 1.807) is 6.26 Å². The van der Waals surface area contributed by atoms with Crippen molar-refractivity contribution in [3.05, 3.63) is 60.1 Å². The summed E-state index contributed by atoms with van der Waals surface area (Å²) in [5.41, 5.74) is 1.25. The highest BCUT2D eigenvalue weighted by Crippen LogP contribution is 2.21. The van der Waals surface area contributed by atoms with Crippen LogP contribution in [0.1, 0.15) is 30.6 Å². The molecule has 2 aromatic rings. The lowest BCUT2D eigenvalue weighted by Gasteiger charge is -2.31. The molecular formula is C19H23NO2. The average Bonchev–Trinajstić information content (AvgIpc) is 3.07. The van der Waals surface area contributed by atoms with Gasteiger partial charge in [-0.25, -0.2) is 0 Å². The van der Waals surface area contributed by atoms with E-state index >= 15 is 0 Å². The number of carbonyl (C=O) groups is 1. The van der Waals surface area contributed by atoms with E-state index < -0.39 is 0 Å². The molecule has 0 spiro atoms. The summed E-state index contributed by atoms with van der Waals surface area (Å²) in [6, 6.07) is 14.2. The molecule has 0 amide bonds. The van der Waals surface area contributed by atoms with E-state index in [0.717, 1.165) is 44.7 Å². The summed E-state index contributed by atoms with van der Waals surface area (Å²) < 4.78 is 5.41. The Morgan fingerprint density at radius 2 is 2.05 bits per heavy atom. The quantitative estimate of drug-likeness (QED) is 0.815. The van der Waals surface area contributed by atoms with Gasteiger partial charge in [0.05, 0.1) is 12.8 Å². The predicted molar refractivity (Wildman–Crippen MR) is 86.5 cm³/mol. The van der Waals surface area contributed by atoms with Gasteiger partial charge in [-0.05, 0) is 43.5 Å². The second kappa shape index (κ2) is 7.41. The van der Waals surface area contributed by atoms with Crippen molar-refractivity contribution in [2.75, 3.05) is 13.1 Å². The van der Waals surface area contributed by atoms with Gasteiger partial charge in [-0.2, -0.15) is 0 Å². The summed E-state index contributed by atoms with van der Waals surface area (Å²) in [6.45, 7) is 2.74. The fourth-order valence-corrected chi connectivity index (χ4v) is 3.20. The van der Waals surface area contributed by atoms with Gasteiger partial charge < -0.3 is 4.42 Å². The highest BCUT2D eigenvalue weighted by atomic mass is 16.3. The molecule has 22 heavy (non-hydrogen) atoms. The van der Waals surface area contributed by atoms with Crippen LogP contribution in [-0.4, -0.2) is 23.8 Å². The zero-order valence-corrected chi connectivity index (χ0v) is 12.9. The van der Waals surface area contributed by atoms with Gasteiger partial charge in [-0.3, -0.25) is 9.69 Å². The van der Waals surface area contributed by atoms with Crippen molar-refractivity contribution in [1.82, 2.24) is 4.90 Å². The number of nitrogens with zero attached hydrogens (tertiary/aromatic N) is 1. The Labute approximate surface area is 131 Å². The third kappa shape index (κ3) is 4.08. The van der Waals surface area contributed by atoms with Crippen molar-refractivity contribution in [2.24, 2.45) is 5.92 Å². The number of piperidine rings is 1. The number of aryl methyl sites for hydroxylation is 1. The monoisotopic (exact) mass is 297 g/mol. The van der Waals surface area contributed by atoms with Crippen LogP contribution in [0.2, 0.25) is 0 Å². The van der Waals surface area contributed by atoms with Crippen molar-refractivity contribution in [3.63, 3.8) is 0 Å². The van der Waals surface area contributed by atoms with Crippen LogP contribution < -0.4 is 0 Å². The van der Waals surface area contributed by atoms with Gasteiger partial charge in [-0.15, -0.1) is 0 Å². The number of hydrogen-bond acceptors (Lipinski definition) is 3. The summed E-state index contributed by atoms with van der Waals surface area (Å²) in [4.78, 5) is 14.8. The Morgan fingerprint density at radius 1 is 1.18 bits per heavy atom. The van der Waals surface area contributed by atoms with Crippen molar-refractivity contribution in [2.45, 2.75) is 32.2 Å². The molecule has 1 atom stereocenters. The van der Waals surface area contributed by atoms with Crippen molar-refractivity contribution < 1.29 is 9.21 Å². The molecule has 1 aromatic heterocycles. The molecule has 3 rings (SSSR count). The van der Waals surface area contributed by atoms with Gasteiger partial charge >= 0.3 is 0 Å². The number of benzene rings is 1. The fourth-order valence-electron chi connectivity index (χ4n) is 3.20. The van der Waals surface area contributed by atoms with Crippen LogP contribution in [-0.2, 0) is 17.8 Å². The number of hydrogen-bond donors (Lipinski definition) is 0. The molecule has 1 aliphatic heterocycles. The Morgan fingerprint density at radius 3 is 2.82 bits per heavy atom. The number of Topliss-reactive ketones (excluding diaryl/α,β-unsaturated/α-hetero) is 1. The number of furan rings is 1. The van der Waals surface area contributed by atoms with Gasteiger partial charge in [0.1, 0.15) is 11.5 Å². The van der Waals surface area contributed by atoms with Gasteiger partial charge in [0.25, 0.3) is 0 Å². The highest BCUT2D eigenvalue weighted by molar-refractivity contribution is 5.81. The maximum atomic E-state index is 12.5. The Bertz CT molecular complexity index is 577. The third-order valence-corrected chi connectivity index (χ3v) is 4.42. The first-order chi connectivity index (χ1) is 10.8. The predicted octanol–water partition coefficient (Wildman–Crippen LogP) is 3.69. The minimum absolute atomic E-state index is 0.187. The van der Waals surface area contributed by atoms with Gasteiger partial charge in [-0.1, -0.05) is 30.3 Å². The zero-order chi connectivity index (χ0) is 15.2. The lowest BCUT2D eigenvalue weighted by atomic mass is 9.90. The number of likely N-dealkylation sites (tertiary alicyclic amines) is 1. The third-order valence-electron chi connectivity index (χ3n) is 4.42. The fraction of sp³-hybridized carbons (Fsp3) is 0.421. The number of ketones is 1. The first kappa shape index (κ1) is 15.0. The second-order valence-corrected chi connectivity index (χ2v) is 6.11. The lowest BCUT2D eigenvalue weighted by Crippen LogP contribution is -2.38. The number of rotatable bonds is 6. The molecule has 116 valence electrons. The van der Waals surface area contributed by atoms with Crippen molar-refractivity contribution in [1.29, 1.82) is 0 Å². The topological polar surface area (TPSA) is 33.5 Å². The minimum Gasteiger partial charge on any atom is -0.468 e. The Hall–Kier alpha value is -1.87. The lowest BCUT2D eigenvalue weighted by molar-refractivity contribution is -0.124. The van der Waals surface area contributed by atoms with Crippen LogP contribution in [0.5, 0.6) is 0 Å². The summed E-state index contributed by atoms with van der Waals surface area (Å²) in [5.74, 6) is 1.58. The van der Waals surface area contributed by atoms with Gasteiger partial charge in [0, 0.05) is 18.9 Å². The largest absolute Gasteiger partial charge is 0.468 e. The summed E-state index contributed by atoms with van der Waals surface area (Å²) in [7, 11) is 0. The molecule has 1 aliphatic rings. The molecule has 0 N–H and O–H groups in total. The van der Waals surface area contributed by atoms with Crippen LogP contribution in [0.3, 0.4) is 0 Å². The smallest absolute Gasteiger partial charge is 0.137 e. The summed E-state index contributed by atoms with van der Waals surface area (Å²) in [6.07, 6.45) is 5.35. The van der Waals surface area contributed by atoms with Gasteiger partial charge in [0.15, 0.2) is 0 Å². The van der Waals surface area contributed by atoms with Crippen molar-refractivity contribution >= 4 is 5.78 Å². The molecule has 2 heterocycles. The van der Waals surface area contributed by atoms with Crippen LogP contribution >= 0.6 is 0 Å². The van der Waals surface area contributed by atoms with Crippen LogP contribution in [0.15, 0.2) is 53.1 Å². The van der Waals surface area contributed by atoms with Gasteiger partial charge in [0.2, 0.25) is 0 Å².